The Morgan fingerprint density at radius 3 is 2.62 bits per heavy atom. The quantitative estimate of drug-likeness (QED) is 0.559. The number of morpholine rings is 1. The maximum Gasteiger partial charge on any atom is 0.290 e. The number of amides is 1. The van der Waals surface area contributed by atoms with E-state index < -0.39 is 17.7 Å². The average molecular weight is 520 g/mol. The third kappa shape index (κ3) is 4.52. The average Bonchev–Trinajstić information content (AvgIpc) is 3.25. The number of aryl methyl sites for hydroxylation is 2. The number of thiazole rings is 1. The molecule has 1 amide bonds. The van der Waals surface area contributed by atoms with Gasteiger partial charge in [-0.25, -0.2) is 4.98 Å². The number of rotatable bonds is 7. The molecule has 0 aliphatic carbocycles. The van der Waals surface area contributed by atoms with E-state index in [1.807, 2.05) is 31.2 Å². The number of Topliss-reactive ketones (excluding diaryl/α,β-unsaturated/α-hetero) is 1. The Hall–Kier alpha value is -2.07. The van der Waals surface area contributed by atoms with Gasteiger partial charge in [-0.1, -0.05) is 34.1 Å². The molecule has 2 aromatic rings. The van der Waals surface area contributed by atoms with Gasteiger partial charge in [-0.05, 0) is 31.9 Å². The van der Waals surface area contributed by atoms with Crippen molar-refractivity contribution in [1.82, 2.24) is 14.8 Å². The lowest BCUT2D eigenvalue weighted by molar-refractivity contribution is -0.129. The van der Waals surface area contributed by atoms with E-state index in [9.17, 15) is 14.7 Å². The van der Waals surface area contributed by atoms with E-state index in [4.69, 9.17) is 4.74 Å². The molecule has 2 aliphatic heterocycles. The molecule has 0 saturated carbocycles. The molecule has 0 radical (unpaired) electrons. The molecule has 170 valence electrons. The fourth-order valence-electron chi connectivity index (χ4n) is 4.29. The summed E-state index contributed by atoms with van der Waals surface area (Å²) in [5, 5.41) is 11.6. The Morgan fingerprint density at radius 1 is 1.25 bits per heavy atom. The molecule has 2 aliphatic rings. The van der Waals surface area contributed by atoms with Crippen LogP contribution in [-0.4, -0.2) is 71.0 Å². The van der Waals surface area contributed by atoms with Crippen LogP contribution in [0.25, 0.3) is 0 Å². The molecule has 3 heterocycles. The Kier molecular flexibility index (Phi) is 7.09. The van der Waals surface area contributed by atoms with Crippen LogP contribution in [-0.2, 0) is 9.53 Å². The van der Waals surface area contributed by atoms with E-state index in [0.717, 1.165) is 54.3 Å². The molecule has 1 saturated heterocycles. The Bertz CT molecular complexity index is 1060. The predicted octanol–water partition coefficient (Wildman–Crippen LogP) is 3.82. The van der Waals surface area contributed by atoms with Gasteiger partial charge >= 0.3 is 0 Å². The lowest BCUT2D eigenvalue weighted by atomic mass is 9.95. The van der Waals surface area contributed by atoms with Crippen molar-refractivity contribution in [3.05, 3.63) is 61.2 Å². The van der Waals surface area contributed by atoms with Crippen LogP contribution in [0, 0.1) is 13.8 Å². The van der Waals surface area contributed by atoms with Crippen LogP contribution in [0.2, 0.25) is 0 Å². The summed E-state index contributed by atoms with van der Waals surface area (Å²) >= 11 is 4.86. The Labute approximate surface area is 199 Å². The van der Waals surface area contributed by atoms with Crippen LogP contribution in [0.3, 0.4) is 0 Å². The van der Waals surface area contributed by atoms with E-state index in [-0.39, 0.29) is 11.4 Å². The van der Waals surface area contributed by atoms with Gasteiger partial charge in [0.2, 0.25) is 5.78 Å². The number of aliphatic hydroxyl groups is 1. The molecule has 32 heavy (non-hydrogen) atoms. The normalized spacial score (nSPS) is 19.8. The molecule has 4 rings (SSSR count). The summed E-state index contributed by atoms with van der Waals surface area (Å²) < 4.78 is 6.19. The summed E-state index contributed by atoms with van der Waals surface area (Å²) in [4.78, 5) is 35.4. The summed E-state index contributed by atoms with van der Waals surface area (Å²) in [6, 6.07) is 6.86. The number of hydrogen-bond acceptors (Lipinski definition) is 7. The smallest absolute Gasteiger partial charge is 0.290 e. The van der Waals surface area contributed by atoms with Crippen LogP contribution in [0.1, 0.15) is 38.4 Å². The second-order valence-corrected chi connectivity index (χ2v) is 10.0. The van der Waals surface area contributed by atoms with Crippen molar-refractivity contribution >= 4 is 39.0 Å². The van der Waals surface area contributed by atoms with Gasteiger partial charge in [-0.3, -0.25) is 14.5 Å². The Morgan fingerprint density at radius 2 is 1.97 bits per heavy atom. The van der Waals surface area contributed by atoms with E-state index >= 15 is 0 Å². The van der Waals surface area contributed by atoms with Gasteiger partial charge in [0.15, 0.2) is 5.76 Å². The standard InChI is InChI=1S/C23H26BrN3O4S/c1-14-22(32-15(2)25-14)20(28)18-19(16-6-3-4-7-17(16)24)27(23(30)21(18)29)9-5-8-26-10-12-31-13-11-26/h3-4,6-7,19,29H,5,8-13H2,1-2H3. The van der Waals surface area contributed by atoms with E-state index in [0.29, 0.717) is 17.1 Å². The number of aromatic nitrogens is 1. The van der Waals surface area contributed by atoms with Gasteiger partial charge in [0.25, 0.3) is 5.91 Å². The minimum absolute atomic E-state index is 0.125. The number of ether oxygens (including phenoxy) is 1. The zero-order valence-electron chi connectivity index (χ0n) is 18.1. The lowest BCUT2D eigenvalue weighted by Gasteiger charge is -2.30. The number of carbonyl (C=O) groups excluding carboxylic acids is 2. The first-order chi connectivity index (χ1) is 15.4. The largest absolute Gasteiger partial charge is 0.503 e. The molecule has 1 atom stereocenters. The third-order valence-corrected chi connectivity index (χ3v) is 7.63. The zero-order valence-corrected chi connectivity index (χ0v) is 20.5. The zero-order chi connectivity index (χ0) is 22.8. The van der Waals surface area contributed by atoms with Crippen molar-refractivity contribution in [2.75, 3.05) is 39.4 Å². The molecule has 1 N–H and O–H groups in total. The summed E-state index contributed by atoms with van der Waals surface area (Å²) in [6.45, 7) is 8.06. The topological polar surface area (TPSA) is 83.0 Å². The van der Waals surface area contributed by atoms with Gasteiger partial charge in [0.05, 0.1) is 40.4 Å². The maximum absolute atomic E-state index is 13.5. The first kappa shape index (κ1) is 23.1. The molecular weight excluding hydrogens is 494 g/mol. The second-order valence-electron chi connectivity index (χ2n) is 7.97. The summed E-state index contributed by atoms with van der Waals surface area (Å²) in [5.74, 6) is -1.31. The molecule has 0 spiro atoms. The van der Waals surface area contributed by atoms with Crippen molar-refractivity contribution < 1.29 is 19.4 Å². The van der Waals surface area contributed by atoms with E-state index in [1.54, 1.807) is 11.8 Å². The lowest BCUT2D eigenvalue weighted by Crippen LogP contribution is -2.39. The first-order valence-corrected chi connectivity index (χ1v) is 12.3. The molecule has 0 bridgehead atoms. The molecule has 7 nitrogen and oxygen atoms in total. The minimum Gasteiger partial charge on any atom is -0.503 e. The Balaban J connectivity index is 1.65. The van der Waals surface area contributed by atoms with Gasteiger partial charge in [-0.15, -0.1) is 11.3 Å². The summed E-state index contributed by atoms with van der Waals surface area (Å²) in [7, 11) is 0. The fourth-order valence-corrected chi connectivity index (χ4v) is 5.67. The molecule has 1 aromatic heterocycles. The second kappa shape index (κ2) is 9.82. The van der Waals surface area contributed by atoms with Crippen molar-refractivity contribution in [3.63, 3.8) is 0 Å². The van der Waals surface area contributed by atoms with Crippen molar-refractivity contribution in [2.24, 2.45) is 0 Å². The van der Waals surface area contributed by atoms with Gasteiger partial charge in [0.1, 0.15) is 0 Å². The summed E-state index contributed by atoms with van der Waals surface area (Å²) in [6.07, 6.45) is 0.736. The van der Waals surface area contributed by atoms with Gasteiger partial charge < -0.3 is 14.7 Å². The number of aliphatic hydroxyl groups excluding tert-OH is 1. The minimum atomic E-state index is -0.655. The van der Waals surface area contributed by atoms with Crippen molar-refractivity contribution in [2.45, 2.75) is 26.3 Å². The van der Waals surface area contributed by atoms with Crippen LogP contribution >= 0.6 is 27.3 Å². The highest BCUT2D eigenvalue weighted by atomic mass is 79.9. The van der Waals surface area contributed by atoms with Crippen LogP contribution in [0.5, 0.6) is 0 Å². The van der Waals surface area contributed by atoms with E-state index in [2.05, 4.69) is 25.8 Å². The highest BCUT2D eigenvalue weighted by Crippen LogP contribution is 2.42. The van der Waals surface area contributed by atoms with Gasteiger partial charge in [0, 0.05) is 30.7 Å². The highest BCUT2D eigenvalue weighted by molar-refractivity contribution is 9.10. The monoisotopic (exact) mass is 519 g/mol. The number of nitrogens with zero attached hydrogens (tertiary/aromatic N) is 3. The molecule has 9 heteroatoms. The van der Waals surface area contributed by atoms with Crippen LogP contribution in [0.15, 0.2) is 40.1 Å². The van der Waals surface area contributed by atoms with Crippen molar-refractivity contribution in [3.8, 4) is 0 Å². The van der Waals surface area contributed by atoms with Crippen LogP contribution in [0.4, 0.5) is 0 Å². The SMILES string of the molecule is Cc1nc(C)c(C(=O)C2=C(O)C(=O)N(CCCN3CCOCC3)C2c2ccccc2Br)s1. The summed E-state index contributed by atoms with van der Waals surface area (Å²) in [5.41, 5.74) is 1.51. The maximum atomic E-state index is 13.5. The number of ketones is 1. The van der Waals surface area contributed by atoms with Gasteiger partial charge in [-0.2, -0.15) is 0 Å². The van der Waals surface area contributed by atoms with Crippen molar-refractivity contribution in [1.29, 1.82) is 0 Å². The highest BCUT2D eigenvalue weighted by Gasteiger charge is 2.44. The molecular formula is C23H26BrN3O4S. The van der Waals surface area contributed by atoms with Crippen LogP contribution < -0.4 is 0 Å². The number of benzene rings is 1. The molecule has 1 fully saturated rings. The predicted molar refractivity (Wildman–Crippen MR) is 126 cm³/mol. The number of carbonyl (C=O) groups is 2. The number of hydrogen-bond donors (Lipinski definition) is 1. The van der Waals surface area contributed by atoms with E-state index in [1.165, 1.54) is 11.3 Å². The first-order valence-electron chi connectivity index (χ1n) is 10.7. The molecule has 1 aromatic carbocycles. The number of halogens is 1. The molecule has 1 unspecified atom stereocenters. The fraction of sp³-hybridized carbons (Fsp3) is 0.435. The third-order valence-electron chi connectivity index (χ3n) is 5.83.